The van der Waals surface area contributed by atoms with Crippen molar-refractivity contribution in [3.8, 4) is 5.75 Å². The standard InChI is InChI=1S/C59H69ClN8O9/c1-37(2)43(12-8-24-62-53(71)14-9-25-67-54(72)21-22-55(67)73)57(74)64-47(13-6-7-23-61)51(70)31-38-15-18-40(19-16-38)50(69)32-39-17-20-46-41(30-39)33-48(63-46)58(75)68-36-42(35-60)56-45-11-5-4-10-44(45)52(34-49(56)68)77-59(76)66-28-26-65(3)27-29-66/h4-5,10-11,15-22,30,33-34,37,42-43,47,63H,6-9,12-14,23-29,31-32,35-36,61H2,1-3H3,(H,62,71)(H,64,74)/t42-,43+,47+/m1/s1. The lowest BCUT2D eigenvalue weighted by Gasteiger charge is -2.31. The average molecular weight is 1070 g/mol. The average Bonchev–Trinajstić information content (AvgIpc) is 4.16. The first-order chi connectivity index (χ1) is 37.1. The molecule has 77 heavy (non-hydrogen) atoms. The van der Waals surface area contributed by atoms with E-state index in [0.717, 1.165) is 50.8 Å². The number of piperazine rings is 1. The predicted octanol–water partition coefficient (Wildman–Crippen LogP) is 7.07. The van der Waals surface area contributed by atoms with Crippen LogP contribution in [0.1, 0.15) is 102 Å². The molecule has 1 aromatic heterocycles. The summed E-state index contributed by atoms with van der Waals surface area (Å²) in [6.07, 6.45) is 5.47. The van der Waals surface area contributed by atoms with Gasteiger partial charge in [0.15, 0.2) is 11.6 Å². The van der Waals surface area contributed by atoms with Crippen LogP contribution in [0, 0.1) is 11.8 Å². The highest BCUT2D eigenvalue weighted by molar-refractivity contribution is 6.19. The molecular weight excluding hydrogens is 1000 g/mol. The van der Waals surface area contributed by atoms with Gasteiger partial charge in [0, 0.05) is 123 Å². The van der Waals surface area contributed by atoms with Crippen LogP contribution in [0.4, 0.5) is 10.5 Å². The largest absolute Gasteiger partial charge is 0.415 e. The Bertz CT molecular complexity index is 3040. The zero-order chi connectivity index (χ0) is 54.8. The lowest BCUT2D eigenvalue weighted by Crippen LogP contribution is -2.48. The maximum atomic E-state index is 14.5. The van der Waals surface area contributed by atoms with Gasteiger partial charge in [0.05, 0.1) is 11.7 Å². The Labute approximate surface area is 453 Å². The molecule has 6 amide bonds. The number of ketones is 2. The lowest BCUT2D eigenvalue weighted by atomic mass is 9.89. The van der Waals surface area contributed by atoms with E-state index in [1.807, 2.05) is 63.4 Å². The Morgan fingerprint density at radius 2 is 1.53 bits per heavy atom. The molecular formula is C59H69ClN8O9. The van der Waals surface area contributed by atoms with Crippen molar-refractivity contribution in [3.63, 3.8) is 0 Å². The van der Waals surface area contributed by atoms with Gasteiger partial charge in [0.2, 0.25) is 11.8 Å². The summed E-state index contributed by atoms with van der Waals surface area (Å²) in [7, 11) is 2.02. The van der Waals surface area contributed by atoms with Gasteiger partial charge >= 0.3 is 6.09 Å². The fourth-order valence-corrected chi connectivity index (χ4v) is 10.7. The first-order valence-corrected chi connectivity index (χ1v) is 27.3. The molecule has 3 aliphatic heterocycles. The summed E-state index contributed by atoms with van der Waals surface area (Å²) >= 11 is 6.57. The van der Waals surface area contributed by atoms with Crippen LogP contribution in [0.2, 0.25) is 0 Å². The highest BCUT2D eigenvalue weighted by Crippen LogP contribution is 2.46. The summed E-state index contributed by atoms with van der Waals surface area (Å²) in [6, 6.07) is 23.1. The Kier molecular flexibility index (Phi) is 18.7. The van der Waals surface area contributed by atoms with Gasteiger partial charge in [-0.25, -0.2) is 4.79 Å². The zero-order valence-corrected chi connectivity index (χ0v) is 44.9. The molecule has 0 unspecified atom stereocenters. The number of nitrogens with one attached hydrogen (secondary N) is 3. The molecule has 0 aliphatic carbocycles. The second kappa shape index (κ2) is 25.8. The molecule has 0 bridgehead atoms. The topological polar surface area (TPSA) is 225 Å². The van der Waals surface area contributed by atoms with Gasteiger partial charge in [-0.3, -0.25) is 38.5 Å². The number of hydrogen-bond donors (Lipinski definition) is 4. The van der Waals surface area contributed by atoms with E-state index in [4.69, 9.17) is 22.1 Å². The van der Waals surface area contributed by atoms with Gasteiger partial charge in [-0.1, -0.05) is 68.4 Å². The van der Waals surface area contributed by atoms with E-state index < -0.39 is 18.1 Å². The van der Waals surface area contributed by atoms with Gasteiger partial charge in [-0.2, -0.15) is 0 Å². The zero-order valence-electron chi connectivity index (χ0n) is 44.1. The predicted molar refractivity (Wildman–Crippen MR) is 296 cm³/mol. The molecule has 0 spiro atoms. The van der Waals surface area contributed by atoms with E-state index >= 15 is 0 Å². The number of alkyl halides is 1. The highest BCUT2D eigenvalue weighted by Gasteiger charge is 2.37. The van der Waals surface area contributed by atoms with Gasteiger partial charge in [0.25, 0.3) is 17.7 Å². The van der Waals surface area contributed by atoms with Crippen molar-refractivity contribution in [1.29, 1.82) is 0 Å². The highest BCUT2D eigenvalue weighted by atomic mass is 35.5. The summed E-state index contributed by atoms with van der Waals surface area (Å²) in [5.41, 5.74) is 10.4. The van der Waals surface area contributed by atoms with Crippen molar-refractivity contribution >= 4 is 86.2 Å². The van der Waals surface area contributed by atoms with E-state index in [2.05, 4.69) is 20.5 Å². The van der Waals surface area contributed by atoms with E-state index in [0.29, 0.717) is 99.5 Å². The number of fused-ring (bicyclic) bond motifs is 4. The van der Waals surface area contributed by atoms with Crippen LogP contribution < -0.4 is 26.0 Å². The van der Waals surface area contributed by atoms with Crippen LogP contribution in [0.15, 0.2) is 91.0 Å². The molecule has 1 fully saturated rings. The number of H-pyrrole nitrogens is 1. The van der Waals surface area contributed by atoms with Crippen molar-refractivity contribution in [2.75, 3.05) is 70.2 Å². The molecule has 0 radical (unpaired) electrons. The molecule has 4 aromatic carbocycles. The number of rotatable bonds is 24. The third-order valence-electron chi connectivity index (χ3n) is 14.9. The Balaban J connectivity index is 0.862. The number of carbonyl (C=O) groups excluding carboxylic acids is 8. The number of aromatic amines is 1. The van der Waals surface area contributed by atoms with Gasteiger partial charge in [-0.15, -0.1) is 11.6 Å². The van der Waals surface area contributed by atoms with E-state index in [-0.39, 0.29) is 84.6 Å². The minimum atomic E-state index is -0.731. The van der Waals surface area contributed by atoms with Gasteiger partial charge in [-0.05, 0) is 98.3 Å². The normalized spacial score (nSPS) is 16.3. The number of halogens is 1. The lowest BCUT2D eigenvalue weighted by molar-refractivity contribution is -0.137. The van der Waals surface area contributed by atoms with Crippen LogP contribution in [0.5, 0.6) is 5.75 Å². The van der Waals surface area contributed by atoms with Crippen LogP contribution in [-0.4, -0.2) is 138 Å². The molecule has 3 aliphatic rings. The SMILES string of the molecule is CC(C)[C@H](CCCNC(=O)CCCN1C(=O)C=CC1=O)C(=O)N[C@@H](CCCCN)C(=O)Cc1ccc(C(=O)Cc2ccc3[nH]c(C(=O)N4C[C@@H](CCl)c5c4cc(OC(=O)N4CCN(C)CC4)c4ccccc54)cc3c2)cc1. The molecule has 406 valence electrons. The molecule has 5 aromatic rings. The molecule has 17 nitrogen and oxygen atoms in total. The smallest absolute Gasteiger partial charge is 0.409 e. The monoisotopic (exact) mass is 1070 g/mol. The Morgan fingerprint density at radius 1 is 0.818 bits per heavy atom. The number of likely N-dealkylation sites (N-methyl/N-ethyl adjacent to an activating group) is 1. The van der Waals surface area contributed by atoms with Crippen molar-refractivity contribution in [2.24, 2.45) is 17.6 Å². The van der Waals surface area contributed by atoms with Crippen molar-refractivity contribution in [2.45, 2.75) is 83.6 Å². The Hall–Kier alpha value is -7.21. The second-order valence-electron chi connectivity index (χ2n) is 20.8. The maximum Gasteiger partial charge on any atom is 0.415 e. The molecule has 5 N–H and O–H groups in total. The van der Waals surface area contributed by atoms with Crippen molar-refractivity contribution in [3.05, 3.63) is 119 Å². The minimum Gasteiger partial charge on any atom is -0.409 e. The number of unbranched alkanes of at least 4 members (excludes halogenated alkanes) is 1. The number of carbonyl (C=O) groups is 8. The summed E-state index contributed by atoms with van der Waals surface area (Å²) < 4.78 is 6.07. The second-order valence-corrected chi connectivity index (χ2v) is 21.1. The Morgan fingerprint density at radius 3 is 2.23 bits per heavy atom. The van der Waals surface area contributed by atoms with E-state index in [1.165, 1.54) is 12.2 Å². The van der Waals surface area contributed by atoms with Crippen LogP contribution >= 0.6 is 11.6 Å². The fourth-order valence-electron chi connectivity index (χ4n) is 10.5. The number of hydrogen-bond acceptors (Lipinski definition) is 11. The number of nitrogens with two attached hydrogens (primary N) is 1. The number of ether oxygens (including phenoxy) is 1. The van der Waals surface area contributed by atoms with Crippen LogP contribution in [0.25, 0.3) is 21.7 Å². The number of nitrogens with zero attached hydrogens (tertiary/aromatic N) is 4. The summed E-state index contributed by atoms with van der Waals surface area (Å²) in [4.78, 5) is 115. The first-order valence-electron chi connectivity index (χ1n) is 26.8. The first kappa shape index (κ1) is 56.0. The molecule has 4 heterocycles. The third-order valence-corrected chi connectivity index (χ3v) is 15.3. The van der Waals surface area contributed by atoms with Gasteiger partial charge < -0.3 is 40.8 Å². The van der Waals surface area contributed by atoms with Gasteiger partial charge in [0.1, 0.15) is 11.4 Å². The number of anilines is 1. The molecule has 8 rings (SSSR count). The van der Waals surface area contributed by atoms with Crippen LogP contribution in [0.3, 0.4) is 0 Å². The number of Topliss-reactive ketones (excluding diaryl/α,β-unsaturated/α-hetero) is 2. The fraction of sp³-hybridized carbons (Fsp3) is 0.424. The summed E-state index contributed by atoms with van der Waals surface area (Å²) in [5, 5.41) is 8.29. The molecule has 0 saturated carbocycles. The van der Waals surface area contributed by atoms with Crippen molar-refractivity contribution in [1.82, 2.24) is 30.3 Å². The number of amides is 6. The quantitative estimate of drug-likeness (QED) is 0.0212. The number of aromatic nitrogens is 1. The number of benzene rings is 4. The maximum absolute atomic E-state index is 14.5. The van der Waals surface area contributed by atoms with E-state index in [9.17, 15) is 38.4 Å². The number of imide groups is 1. The van der Waals surface area contributed by atoms with E-state index in [1.54, 1.807) is 46.2 Å². The van der Waals surface area contributed by atoms with Crippen molar-refractivity contribution < 1.29 is 43.1 Å². The third kappa shape index (κ3) is 13.7. The van der Waals surface area contributed by atoms with Crippen LogP contribution in [-0.2, 0) is 36.8 Å². The molecule has 18 heteroatoms. The summed E-state index contributed by atoms with van der Waals surface area (Å²) in [5.74, 6) is -1.64. The molecule has 1 saturated heterocycles. The molecule has 3 atom stereocenters. The summed E-state index contributed by atoms with van der Waals surface area (Å²) in [6.45, 7) is 7.84. The minimum absolute atomic E-state index is 0.0281.